The maximum absolute atomic E-state index is 12.3. The molecular formula is C19H20N2O5. The average Bonchev–Trinajstić information content (AvgIpc) is 3.50. The van der Waals surface area contributed by atoms with Gasteiger partial charge >= 0.3 is 5.69 Å². The van der Waals surface area contributed by atoms with Gasteiger partial charge in [-0.05, 0) is 42.5 Å². The molecule has 0 spiro atoms. The van der Waals surface area contributed by atoms with Crippen LogP contribution in [0.25, 0.3) is 0 Å². The zero-order valence-electron chi connectivity index (χ0n) is 14.4. The van der Waals surface area contributed by atoms with Crippen molar-refractivity contribution in [2.24, 2.45) is 5.92 Å². The number of carbonyl (C=O) groups is 1. The van der Waals surface area contributed by atoms with Crippen LogP contribution in [-0.2, 0) is 4.79 Å². The summed E-state index contributed by atoms with van der Waals surface area (Å²) >= 11 is 0. The fourth-order valence-electron chi connectivity index (χ4n) is 2.80. The van der Waals surface area contributed by atoms with Gasteiger partial charge in [0.2, 0.25) is 0 Å². The van der Waals surface area contributed by atoms with Crippen molar-refractivity contribution in [2.45, 2.75) is 18.9 Å². The second kappa shape index (κ2) is 7.86. The van der Waals surface area contributed by atoms with Crippen LogP contribution in [-0.4, -0.2) is 24.5 Å². The van der Waals surface area contributed by atoms with E-state index in [0.717, 1.165) is 24.2 Å². The molecule has 136 valence electrons. The van der Waals surface area contributed by atoms with Gasteiger partial charge in [-0.25, -0.2) is 0 Å². The van der Waals surface area contributed by atoms with Gasteiger partial charge < -0.3 is 14.8 Å². The van der Waals surface area contributed by atoms with Crippen molar-refractivity contribution in [3.05, 3.63) is 64.2 Å². The quantitative estimate of drug-likeness (QED) is 0.579. The molecule has 0 aromatic heterocycles. The highest BCUT2D eigenvalue weighted by atomic mass is 16.6. The molecule has 1 aliphatic carbocycles. The largest absolute Gasteiger partial charge is 0.497 e. The molecule has 1 fully saturated rings. The molecule has 1 unspecified atom stereocenters. The van der Waals surface area contributed by atoms with Crippen LogP contribution in [0.1, 0.15) is 24.4 Å². The second-order valence-electron chi connectivity index (χ2n) is 6.17. The van der Waals surface area contributed by atoms with E-state index in [1.165, 1.54) is 12.1 Å². The molecule has 0 saturated heterocycles. The monoisotopic (exact) mass is 356 g/mol. The van der Waals surface area contributed by atoms with E-state index in [-0.39, 0.29) is 30.0 Å². The number of nitro groups is 1. The number of amides is 1. The fraction of sp³-hybridized carbons (Fsp3) is 0.316. The number of benzene rings is 2. The molecule has 1 saturated carbocycles. The molecule has 3 rings (SSSR count). The predicted molar refractivity (Wildman–Crippen MR) is 95.2 cm³/mol. The molecule has 7 nitrogen and oxygen atoms in total. The fourth-order valence-corrected chi connectivity index (χ4v) is 2.80. The van der Waals surface area contributed by atoms with Crippen molar-refractivity contribution in [1.82, 2.24) is 5.32 Å². The third-order valence-electron chi connectivity index (χ3n) is 4.31. The SMILES string of the molecule is COc1ccc(C(NC(=O)COc2ccccc2[N+](=O)[O-])C2CC2)cc1. The minimum Gasteiger partial charge on any atom is -0.497 e. The van der Waals surface area contributed by atoms with E-state index < -0.39 is 4.92 Å². The molecule has 1 N–H and O–H groups in total. The Balaban J connectivity index is 1.63. The van der Waals surface area contributed by atoms with Gasteiger partial charge in [-0.2, -0.15) is 0 Å². The van der Waals surface area contributed by atoms with Gasteiger partial charge in [0, 0.05) is 6.07 Å². The van der Waals surface area contributed by atoms with Gasteiger partial charge in [0.05, 0.1) is 18.1 Å². The zero-order valence-corrected chi connectivity index (χ0v) is 14.4. The molecule has 0 aliphatic heterocycles. The lowest BCUT2D eigenvalue weighted by Gasteiger charge is -2.19. The summed E-state index contributed by atoms with van der Waals surface area (Å²) in [6.07, 6.45) is 2.12. The molecule has 7 heteroatoms. The number of nitrogens with one attached hydrogen (secondary N) is 1. The maximum atomic E-state index is 12.3. The summed E-state index contributed by atoms with van der Waals surface area (Å²) in [5.41, 5.74) is 0.849. The predicted octanol–water partition coefficient (Wildman–Crippen LogP) is 3.25. The van der Waals surface area contributed by atoms with E-state index in [2.05, 4.69) is 5.32 Å². The summed E-state index contributed by atoms with van der Waals surface area (Å²) in [5, 5.41) is 14.0. The average molecular weight is 356 g/mol. The van der Waals surface area contributed by atoms with Crippen LogP contribution in [0.15, 0.2) is 48.5 Å². The van der Waals surface area contributed by atoms with E-state index in [1.807, 2.05) is 24.3 Å². The first kappa shape index (κ1) is 17.7. The summed E-state index contributed by atoms with van der Waals surface area (Å²) in [5.74, 6) is 0.934. The van der Waals surface area contributed by atoms with Gasteiger partial charge in [0.25, 0.3) is 5.91 Å². The van der Waals surface area contributed by atoms with E-state index in [9.17, 15) is 14.9 Å². The molecule has 2 aromatic rings. The number of carbonyl (C=O) groups excluding carboxylic acids is 1. The first-order valence-corrected chi connectivity index (χ1v) is 8.38. The number of ether oxygens (including phenoxy) is 2. The van der Waals surface area contributed by atoms with Crippen LogP contribution >= 0.6 is 0 Å². The Morgan fingerprint density at radius 3 is 2.54 bits per heavy atom. The first-order chi connectivity index (χ1) is 12.6. The summed E-state index contributed by atoms with van der Waals surface area (Å²) in [4.78, 5) is 22.8. The molecule has 1 amide bonds. The van der Waals surface area contributed by atoms with Gasteiger partial charge in [-0.15, -0.1) is 0 Å². The van der Waals surface area contributed by atoms with Gasteiger partial charge in [-0.1, -0.05) is 24.3 Å². The highest BCUT2D eigenvalue weighted by Crippen LogP contribution is 2.41. The number of hydrogen-bond acceptors (Lipinski definition) is 5. The molecular weight excluding hydrogens is 336 g/mol. The van der Waals surface area contributed by atoms with Gasteiger partial charge in [0.15, 0.2) is 12.4 Å². The van der Waals surface area contributed by atoms with E-state index in [4.69, 9.17) is 9.47 Å². The minimum absolute atomic E-state index is 0.0834. The Morgan fingerprint density at radius 2 is 1.92 bits per heavy atom. The van der Waals surface area contributed by atoms with Gasteiger partial charge in [0.1, 0.15) is 5.75 Å². The van der Waals surface area contributed by atoms with Crippen LogP contribution < -0.4 is 14.8 Å². The Bertz CT molecular complexity index is 787. The van der Waals surface area contributed by atoms with Crippen molar-refractivity contribution < 1.29 is 19.2 Å². The van der Waals surface area contributed by atoms with E-state index in [0.29, 0.717) is 5.92 Å². The van der Waals surface area contributed by atoms with Crippen LogP contribution in [0.5, 0.6) is 11.5 Å². The summed E-state index contributed by atoms with van der Waals surface area (Å²) in [7, 11) is 1.61. The number of nitro benzene ring substituents is 1. The molecule has 2 aromatic carbocycles. The molecule has 0 radical (unpaired) electrons. The maximum Gasteiger partial charge on any atom is 0.310 e. The van der Waals surface area contributed by atoms with E-state index >= 15 is 0 Å². The topological polar surface area (TPSA) is 90.7 Å². The molecule has 0 bridgehead atoms. The van der Waals surface area contributed by atoms with Crippen molar-refractivity contribution in [1.29, 1.82) is 0 Å². The highest BCUT2D eigenvalue weighted by molar-refractivity contribution is 5.78. The summed E-state index contributed by atoms with van der Waals surface area (Å²) in [6.45, 7) is -0.274. The third-order valence-corrected chi connectivity index (χ3v) is 4.31. The van der Waals surface area contributed by atoms with E-state index in [1.54, 1.807) is 19.2 Å². The first-order valence-electron chi connectivity index (χ1n) is 8.38. The number of para-hydroxylation sites is 2. The molecule has 1 atom stereocenters. The third kappa shape index (κ3) is 4.30. The van der Waals surface area contributed by atoms with Crippen LogP contribution in [0, 0.1) is 16.0 Å². The summed E-state index contributed by atoms with van der Waals surface area (Å²) in [6, 6.07) is 13.5. The number of hydrogen-bond donors (Lipinski definition) is 1. The molecule has 26 heavy (non-hydrogen) atoms. The number of methoxy groups -OCH3 is 1. The summed E-state index contributed by atoms with van der Waals surface area (Å²) < 4.78 is 10.5. The van der Waals surface area contributed by atoms with Crippen molar-refractivity contribution in [3.63, 3.8) is 0 Å². The van der Waals surface area contributed by atoms with Crippen LogP contribution in [0.4, 0.5) is 5.69 Å². The molecule has 0 heterocycles. The zero-order chi connectivity index (χ0) is 18.5. The smallest absolute Gasteiger partial charge is 0.310 e. The lowest BCUT2D eigenvalue weighted by atomic mass is 10.0. The standard InChI is InChI=1S/C19H20N2O5/c1-25-15-10-8-14(9-11-15)19(13-6-7-13)20-18(22)12-26-17-5-3-2-4-16(17)21(23)24/h2-5,8-11,13,19H,6-7,12H2,1H3,(H,20,22). The lowest BCUT2D eigenvalue weighted by Crippen LogP contribution is -2.33. The second-order valence-corrected chi connectivity index (χ2v) is 6.17. The highest BCUT2D eigenvalue weighted by Gasteiger charge is 2.33. The minimum atomic E-state index is -0.530. The van der Waals surface area contributed by atoms with Gasteiger partial charge in [-0.3, -0.25) is 14.9 Å². The van der Waals surface area contributed by atoms with Crippen LogP contribution in [0.3, 0.4) is 0 Å². The Kier molecular flexibility index (Phi) is 5.36. The van der Waals surface area contributed by atoms with Crippen molar-refractivity contribution in [3.8, 4) is 11.5 Å². The molecule has 1 aliphatic rings. The lowest BCUT2D eigenvalue weighted by molar-refractivity contribution is -0.385. The van der Waals surface area contributed by atoms with Crippen molar-refractivity contribution >= 4 is 11.6 Å². The Morgan fingerprint density at radius 1 is 1.23 bits per heavy atom. The Labute approximate surface area is 151 Å². The van der Waals surface area contributed by atoms with Crippen LogP contribution in [0.2, 0.25) is 0 Å². The normalized spacial score (nSPS) is 14.3. The Hall–Kier alpha value is -3.09. The van der Waals surface area contributed by atoms with Crippen molar-refractivity contribution in [2.75, 3.05) is 13.7 Å². The number of nitrogens with zero attached hydrogens (tertiary/aromatic N) is 1. The number of rotatable bonds is 8.